The molecule has 0 unspecified atom stereocenters. The highest BCUT2D eigenvalue weighted by Crippen LogP contribution is 2.26. The molecule has 0 aliphatic carbocycles. The predicted octanol–water partition coefficient (Wildman–Crippen LogP) is 7.34. The Hall–Kier alpha value is -3.45. The summed E-state index contributed by atoms with van der Waals surface area (Å²) < 4.78 is 8.11. The molecule has 0 amide bonds. The smallest absolute Gasteiger partial charge is 0.277 e. The number of thioether (sulfide) groups is 1. The second kappa shape index (κ2) is 15.2. The number of unbranched alkanes of at least 4 members (excludes halogenated alkanes) is 6. The molecule has 0 aliphatic heterocycles. The van der Waals surface area contributed by atoms with Crippen LogP contribution in [0.5, 0.6) is 5.75 Å². The Labute approximate surface area is 235 Å². The van der Waals surface area contributed by atoms with Crippen LogP contribution in [0.3, 0.4) is 0 Å². The van der Waals surface area contributed by atoms with E-state index in [1.165, 1.54) is 56.0 Å². The highest BCUT2D eigenvalue weighted by molar-refractivity contribution is 7.98. The van der Waals surface area contributed by atoms with Gasteiger partial charge in [-0.3, -0.25) is 9.36 Å². The molecule has 2 heterocycles. The summed E-state index contributed by atoms with van der Waals surface area (Å²) in [5.41, 5.74) is 4.56. The van der Waals surface area contributed by atoms with Gasteiger partial charge >= 0.3 is 0 Å². The summed E-state index contributed by atoms with van der Waals surface area (Å²) in [5.74, 6) is 1.54. The van der Waals surface area contributed by atoms with E-state index in [1.807, 2.05) is 35.0 Å². The van der Waals surface area contributed by atoms with E-state index >= 15 is 0 Å². The fraction of sp³-hybridized carbons (Fsp3) is 0.375. The van der Waals surface area contributed by atoms with Gasteiger partial charge in [0, 0.05) is 42.4 Å². The van der Waals surface area contributed by atoms with E-state index in [2.05, 4.69) is 53.1 Å². The van der Waals surface area contributed by atoms with Crippen molar-refractivity contribution in [1.82, 2.24) is 19.5 Å². The molecule has 2 aromatic carbocycles. The molecule has 204 valence electrons. The first-order valence-corrected chi connectivity index (χ1v) is 14.9. The summed E-state index contributed by atoms with van der Waals surface area (Å²) in [4.78, 5) is 25.7. The molecular formula is C32H38N4O2S. The topological polar surface area (TPSA) is 69.9 Å². The molecule has 0 saturated carbocycles. The van der Waals surface area contributed by atoms with Crippen molar-refractivity contribution in [1.29, 1.82) is 0 Å². The number of rotatable bonds is 15. The minimum Gasteiger partial charge on any atom is -0.494 e. The van der Waals surface area contributed by atoms with E-state index in [9.17, 15) is 4.79 Å². The minimum absolute atomic E-state index is 0.229. The van der Waals surface area contributed by atoms with Crippen LogP contribution < -0.4 is 10.3 Å². The predicted molar refractivity (Wildman–Crippen MR) is 159 cm³/mol. The van der Waals surface area contributed by atoms with E-state index in [-0.39, 0.29) is 5.56 Å². The standard InChI is InChI=1S/C32H38N4O2S/c1-3-4-5-6-7-8-9-17-38-30-12-10-11-29(19-30)36-22-28(18-27-20-33-24-34-21-27)31(37)35-32(36)39-23-26-15-13-25(2)14-16-26/h10-16,19-22,24H,3-9,17-18,23H2,1-2H3. The second-order valence-electron chi connectivity index (χ2n) is 9.89. The molecule has 0 atom stereocenters. The summed E-state index contributed by atoms with van der Waals surface area (Å²) in [6, 6.07) is 16.5. The molecule has 4 aromatic rings. The molecule has 4 rings (SSSR count). The lowest BCUT2D eigenvalue weighted by molar-refractivity contribution is 0.304. The van der Waals surface area contributed by atoms with Gasteiger partial charge in [-0.2, -0.15) is 4.98 Å². The zero-order valence-electron chi connectivity index (χ0n) is 23.0. The van der Waals surface area contributed by atoms with Crippen molar-refractivity contribution in [3.05, 3.63) is 106 Å². The molecule has 6 nitrogen and oxygen atoms in total. The highest BCUT2D eigenvalue weighted by Gasteiger charge is 2.13. The van der Waals surface area contributed by atoms with Crippen LogP contribution in [0.2, 0.25) is 0 Å². The molecule has 0 N–H and O–H groups in total. The molecule has 0 saturated heterocycles. The van der Waals surface area contributed by atoms with Crippen LogP contribution in [-0.2, 0) is 12.2 Å². The first-order valence-electron chi connectivity index (χ1n) is 13.9. The first kappa shape index (κ1) is 28.6. The van der Waals surface area contributed by atoms with Gasteiger partial charge in [0.15, 0.2) is 5.16 Å². The number of aryl methyl sites for hydroxylation is 1. The zero-order chi connectivity index (χ0) is 27.3. The number of hydrogen-bond acceptors (Lipinski definition) is 6. The van der Waals surface area contributed by atoms with E-state index in [1.54, 1.807) is 24.2 Å². The Morgan fingerprint density at radius 3 is 2.41 bits per heavy atom. The van der Waals surface area contributed by atoms with E-state index in [0.29, 0.717) is 29.5 Å². The van der Waals surface area contributed by atoms with Crippen LogP contribution in [0, 0.1) is 6.92 Å². The third-order valence-corrected chi connectivity index (χ3v) is 7.60. The molecule has 39 heavy (non-hydrogen) atoms. The van der Waals surface area contributed by atoms with Gasteiger partial charge in [-0.1, -0.05) is 93.1 Å². The van der Waals surface area contributed by atoms with Gasteiger partial charge in [-0.25, -0.2) is 9.97 Å². The fourth-order valence-electron chi connectivity index (χ4n) is 4.33. The highest BCUT2D eigenvalue weighted by atomic mass is 32.2. The third kappa shape index (κ3) is 9.06. The number of benzene rings is 2. The van der Waals surface area contributed by atoms with Crippen molar-refractivity contribution >= 4 is 11.8 Å². The number of hydrogen-bond donors (Lipinski definition) is 0. The van der Waals surface area contributed by atoms with Gasteiger partial charge < -0.3 is 4.74 Å². The average Bonchev–Trinajstić information content (AvgIpc) is 2.96. The zero-order valence-corrected chi connectivity index (χ0v) is 23.8. The normalized spacial score (nSPS) is 11.0. The summed E-state index contributed by atoms with van der Waals surface area (Å²) in [6.45, 7) is 5.03. The molecule has 0 aliphatic rings. The maximum absolute atomic E-state index is 13.0. The Morgan fingerprint density at radius 1 is 0.897 bits per heavy atom. The lowest BCUT2D eigenvalue weighted by atomic mass is 10.1. The fourth-order valence-corrected chi connectivity index (χ4v) is 5.27. The summed E-state index contributed by atoms with van der Waals surface area (Å²) >= 11 is 1.55. The van der Waals surface area contributed by atoms with E-state index < -0.39 is 0 Å². The third-order valence-electron chi connectivity index (χ3n) is 6.57. The van der Waals surface area contributed by atoms with E-state index in [0.717, 1.165) is 23.4 Å². The molecule has 0 radical (unpaired) electrons. The van der Waals surface area contributed by atoms with Gasteiger partial charge in [0.05, 0.1) is 12.3 Å². The molecule has 0 bridgehead atoms. The van der Waals surface area contributed by atoms with Crippen LogP contribution in [-0.4, -0.2) is 26.1 Å². The number of ether oxygens (including phenoxy) is 1. The Balaban J connectivity index is 1.51. The van der Waals surface area contributed by atoms with Crippen LogP contribution in [0.1, 0.15) is 74.1 Å². The first-order chi connectivity index (χ1) is 19.1. The monoisotopic (exact) mass is 542 g/mol. The van der Waals surface area contributed by atoms with Crippen molar-refractivity contribution in [2.24, 2.45) is 0 Å². The van der Waals surface area contributed by atoms with Crippen molar-refractivity contribution < 1.29 is 4.74 Å². The van der Waals surface area contributed by atoms with Crippen LogP contribution in [0.25, 0.3) is 5.69 Å². The maximum Gasteiger partial charge on any atom is 0.277 e. The Bertz CT molecular complexity index is 1360. The molecule has 0 fully saturated rings. The molecule has 0 spiro atoms. The molecule has 2 aromatic heterocycles. The van der Waals surface area contributed by atoms with Gasteiger partial charge in [0.25, 0.3) is 5.56 Å². The molecule has 7 heteroatoms. The summed E-state index contributed by atoms with van der Waals surface area (Å²) in [7, 11) is 0. The van der Waals surface area contributed by atoms with Crippen molar-refractivity contribution in [3.63, 3.8) is 0 Å². The lowest BCUT2D eigenvalue weighted by Gasteiger charge is -2.15. The van der Waals surface area contributed by atoms with Crippen LogP contribution in [0.15, 0.2) is 83.4 Å². The largest absolute Gasteiger partial charge is 0.494 e. The van der Waals surface area contributed by atoms with Gasteiger partial charge in [0.2, 0.25) is 0 Å². The second-order valence-corrected chi connectivity index (χ2v) is 10.8. The minimum atomic E-state index is -0.229. The van der Waals surface area contributed by atoms with Gasteiger partial charge in [-0.05, 0) is 36.6 Å². The average molecular weight is 543 g/mol. The van der Waals surface area contributed by atoms with Crippen LogP contribution in [0.4, 0.5) is 0 Å². The van der Waals surface area contributed by atoms with Crippen LogP contribution >= 0.6 is 11.8 Å². The number of aromatic nitrogens is 4. The maximum atomic E-state index is 13.0. The molecular weight excluding hydrogens is 504 g/mol. The van der Waals surface area contributed by atoms with Crippen molar-refractivity contribution in [2.45, 2.75) is 76.1 Å². The quantitative estimate of drug-likeness (QED) is 0.0889. The SMILES string of the molecule is CCCCCCCCCOc1cccc(-n2cc(Cc3cncnc3)c(=O)nc2SCc2ccc(C)cc2)c1. The Kier molecular flexibility index (Phi) is 11.1. The number of nitrogens with zero attached hydrogens (tertiary/aromatic N) is 4. The van der Waals surface area contributed by atoms with Crippen molar-refractivity contribution in [3.8, 4) is 11.4 Å². The van der Waals surface area contributed by atoms with Gasteiger partial charge in [-0.15, -0.1) is 0 Å². The Morgan fingerprint density at radius 2 is 1.64 bits per heavy atom. The summed E-state index contributed by atoms with van der Waals surface area (Å²) in [5, 5.41) is 0.651. The summed E-state index contributed by atoms with van der Waals surface area (Å²) in [6.07, 6.45) is 16.0. The lowest BCUT2D eigenvalue weighted by Crippen LogP contribution is -2.19. The van der Waals surface area contributed by atoms with Crippen molar-refractivity contribution in [2.75, 3.05) is 6.61 Å². The van der Waals surface area contributed by atoms with Gasteiger partial charge in [0.1, 0.15) is 12.1 Å². The van der Waals surface area contributed by atoms with E-state index in [4.69, 9.17) is 4.74 Å².